The van der Waals surface area contributed by atoms with Crippen LogP contribution < -0.4 is 0 Å². The van der Waals surface area contributed by atoms with Crippen molar-refractivity contribution < 1.29 is 23.4 Å². The molecule has 0 radical (unpaired) electrons. The Balaban J connectivity index is 2.04. The molecule has 16 heavy (non-hydrogen) atoms. The fourth-order valence-corrected chi connectivity index (χ4v) is 1.06. The summed E-state index contributed by atoms with van der Waals surface area (Å²) in [6, 6.07) is 9.46. The van der Waals surface area contributed by atoms with Gasteiger partial charge in [-0.05, 0) is 5.56 Å². The number of aliphatic hydroxyl groups excluding tert-OH is 1. The third-order valence-corrected chi connectivity index (χ3v) is 1.84. The first-order chi connectivity index (χ1) is 7.70. The minimum absolute atomic E-state index is 0.0572. The van der Waals surface area contributed by atoms with Crippen molar-refractivity contribution in [3.05, 3.63) is 35.9 Å². The highest BCUT2D eigenvalue weighted by molar-refractivity contribution is 5.13. The number of alkyl halides is 2. The van der Waals surface area contributed by atoms with E-state index in [0.29, 0.717) is 6.61 Å². The molecule has 1 unspecified atom stereocenters. The van der Waals surface area contributed by atoms with Crippen LogP contribution in [0.25, 0.3) is 0 Å². The molecule has 0 aliphatic rings. The molecule has 1 atom stereocenters. The molecule has 0 aromatic heterocycles. The van der Waals surface area contributed by atoms with Crippen LogP contribution in [0, 0.1) is 0 Å². The standard InChI is InChI=1S/C11H14F2O3/c12-10(13)11(14)16-7-6-15-8-9-4-2-1-3-5-9/h1-5,10-11,14H,6-8H2. The van der Waals surface area contributed by atoms with Crippen LogP contribution in [-0.4, -0.2) is 31.0 Å². The third kappa shape index (κ3) is 5.16. The van der Waals surface area contributed by atoms with Crippen LogP contribution in [0.3, 0.4) is 0 Å². The smallest absolute Gasteiger partial charge is 0.288 e. The molecule has 0 aliphatic carbocycles. The molecule has 0 spiro atoms. The SMILES string of the molecule is OC(OCCOCc1ccccc1)C(F)F. The molecule has 5 heteroatoms. The van der Waals surface area contributed by atoms with Crippen molar-refractivity contribution in [1.29, 1.82) is 0 Å². The highest BCUT2D eigenvalue weighted by atomic mass is 19.3. The molecule has 0 aliphatic heterocycles. The second kappa shape index (κ2) is 7.27. The summed E-state index contributed by atoms with van der Waals surface area (Å²) in [6.45, 7) is 0.506. The Kier molecular flexibility index (Phi) is 5.92. The van der Waals surface area contributed by atoms with Gasteiger partial charge in [-0.2, -0.15) is 0 Å². The second-order valence-electron chi connectivity index (χ2n) is 3.13. The van der Waals surface area contributed by atoms with Gasteiger partial charge in [0.1, 0.15) is 0 Å². The minimum Gasteiger partial charge on any atom is -0.374 e. The average Bonchev–Trinajstić information content (AvgIpc) is 2.29. The van der Waals surface area contributed by atoms with Gasteiger partial charge in [0.25, 0.3) is 6.43 Å². The number of halogens is 2. The fraction of sp³-hybridized carbons (Fsp3) is 0.455. The Bertz CT molecular complexity index is 280. The summed E-state index contributed by atoms with van der Waals surface area (Å²) < 4.78 is 33.2. The lowest BCUT2D eigenvalue weighted by molar-refractivity contribution is -0.181. The van der Waals surface area contributed by atoms with Gasteiger partial charge in [-0.3, -0.25) is 0 Å². The van der Waals surface area contributed by atoms with Gasteiger partial charge in [0.15, 0.2) is 0 Å². The molecule has 0 heterocycles. The van der Waals surface area contributed by atoms with Crippen LogP contribution in [0.2, 0.25) is 0 Å². The summed E-state index contributed by atoms with van der Waals surface area (Å²) >= 11 is 0. The van der Waals surface area contributed by atoms with Crippen LogP contribution in [0.5, 0.6) is 0 Å². The summed E-state index contributed by atoms with van der Waals surface area (Å²) in [5.74, 6) is 0. The molecule has 1 aromatic carbocycles. The Labute approximate surface area is 92.6 Å². The van der Waals surface area contributed by atoms with Gasteiger partial charge >= 0.3 is 0 Å². The van der Waals surface area contributed by atoms with Gasteiger partial charge in [-0.15, -0.1) is 0 Å². The van der Waals surface area contributed by atoms with E-state index < -0.39 is 12.7 Å². The van der Waals surface area contributed by atoms with Gasteiger partial charge in [0.05, 0.1) is 19.8 Å². The summed E-state index contributed by atoms with van der Waals surface area (Å²) in [5, 5.41) is 8.62. The van der Waals surface area contributed by atoms with Crippen molar-refractivity contribution >= 4 is 0 Å². The fourth-order valence-electron chi connectivity index (χ4n) is 1.06. The van der Waals surface area contributed by atoms with Gasteiger partial charge in [-0.1, -0.05) is 30.3 Å². The van der Waals surface area contributed by atoms with Gasteiger partial charge in [-0.25, -0.2) is 8.78 Å². The van der Waals surface area contributed by atoms with Crippen molar-refractivity contribution in [1.82, 2.24) is 0 Å². The van der Waals surface area contributed by atoms with E-state index in [-0.39, 0.29) is 13.2 Å². The molecule has 1 rings (SSSR count). The lowest BCUT2D eigenvalue weighted by Crippen LogP contribution is -2.23. The molecule has 90 valence electrons. The molecule has 0 fully saturated rings. The van der Waals surface area contributed by atoms with Gasteiger partial charge in [0.2, 0.25) is 6.29 Å². The van der Waals surface area contributed by atoms with E-state index in [1.807, 2.05) is 30.3 Å². The number of benzene rings is 1. The molecular weight excluding hydrogens is 218 g/mol. The zero-order chi connectivity index (χ0) is 11.8. The highest BCUT2D eigenvalue weighted by Crippen LogP contribution is 2.03. The van der Waals surface area contributed by atoms with Crippen LogP contribution in [0.4, 0.5) is 8.78 Å². The average molecular weight is 232 g/mol. The maximum atomic E-state index is 11.8. The first-order valence-electron chi connectivity index (χ1n) is 4.89. The van der Waals surface area contributed by atoms with Crippen molar-refractivity contribution in [2.75, 3.05) is 13.2 Å². The topological polar surface area (TPSA) is 38.7 Å². The summed E-state index contributed by atoms with van der Waals surface area (Å²) in [6.07, 6.45) is -4.91. The normalized spacial score (nSPS) is 13.0. The van der Waals surface area contributed by atoms with E-state index in [1.54, 1.807) is 0 Å². The van der Waals surface area contributed by atoms with Crippen LogP contribution in [0.15, 0.2) is 30.3 Å². The van der Waals surface area contributed by atoms with E-state index in [0.717, 1.165) is 5.56 Å². The number of hydrogen-bond acceptors (Lipinski definition) is 3. The Morgan fingerprint density at radius 1 is 1.12 bits per heavy atom. The van der Waals surface area contributed by atoms with Crippen molar-refractivity contribution in [3.63, 3.8) is 0 Å². The van der Waals surface area contributed by atoms with Crippen LogP contribution in [0.1, 0.15) is 5.56 Å². The quantitative estimate of drug-likeness (QED) is 0.575. The van der Waals surface area contributed by atoms with E-state index in [4.69, 9.17) is 9.84 Å². The lowest BCUT2D eigenvalue weighted by Gasteiger charge is -2.10. The van der Waals surface area contributed by atoms with Gasteiger partial charge in [0, 0.05) is 0 Å². The zero-order valence-electron chi connectivity index (χ0n) is 8.68. The van der Waals surface area contributed by atoms with E-state index in [9.17, 15) is 8.78 Å². The highest BCUT2D eigenvalue weighted by Gasteiger charge is 2.16. The van der Waals surface area contributed by atoms with Crippen LogP contribution >= 0.6 is 0 Å². The first-order valence-corrected chi connectivity index (χ1v) is 4.89. The Hall–Kier alpha value is -1.04. The monoisotopic (exact) mass is 232 g/mol. The van der Waals surface area contributed by atoms with Crippen molar-refractivity contribution in [2.45, 2.75) is 19.3 Å². The predicted molar refractivity (Wildman–Crippen MR) is 54.1 cm³/mol. The van der Waals surface area contributed by atoms with E-state index >= 15 is 0 Å². The molecule has 1 N–H and O–H groups in total. The number of ether oxygens (including phenoxy) is 2. The summed E-state index contributed by atoms with van der Waals surface area (Å²) in [7, 11) is 0. The number of aliphatic hydroxyl groups is 1. The van der Waals surface area contributed by atoms with Gasteiger partial charge < -0.3 is 14.6 Å². The Morgan fingerprint density at radius 2 is 1.81 bits per heavy atom. The largest absolute Gasteiger partial charge is 0.374 e. The number of hydrogen-bond donors (Lipinski definition) is 1. The maximum Gasteiger partial charge on any atom is 0.288 e. The second-order valence-corrected chi connectivity index (χ2v) is 3.13. The van der Waals surface area contributed by atoms with Crippen molar-refractivity contribution in [2.24, 2.45) is 0 Å². The third-order valence-electron chi connectivity index (χ3n) is 1.84. The minimum atomic E-state index is -2.88. The first kappa shape index (κ1) is 13.0. The molecule has 0 bridgehead atoms. The predicted octanol–water partition coefficient (Wildman–Crippen LogP) is 1.80. The molecule has 0 saturated heterocycles. The van der Waals surface area contributed by atoms with E-state index in [1.165, 1.54) is 0 Å². The molecule has 1 aromatic rings. The number of rotatable bonds is 7. The molecular formula is C11H14F2O3. The summed E-state index contributed by atoms with van der Waals surface area (Å²) in [5.41, 5.74) is 0.997. The molecule has 3 nitrogen and oxygen atoms in total. The molecule has 0 amide bonds. The lowest BCUT2D eigenvalue weighted by atomic mass is 10.2. The Morgan fingerprint density at radius 3 is 2.44 bits per heavy atom. The maximum absolute atomic E-state index is 11.8. The van der Waals surface area contributed by atoms with Crippen LogP contribution in [-0.2, 0) is 16.1 Å². The summed E-state index contributed by atoms with van der Waals surface area (Å²) in [4.78, 5) is 0. The molecule has 0 saturated carbocycles. The van der Waals surface area contributed by atoms with Crippen molar-refractivity contribution in [3.8, 4) is 0 Å². The zero-order valence-corrected chi connectivity index (χ0v) is 8.68. The van der Waals surface area contributed by atoms with E-state index in [2.05, 4.69) is 4.74 Å².